The first-order valence-electron chi connectivity index (χ1n) is 8.67. The number of sulfonamides is 1. The average Bonchev–Trinajstić information content (AvgIpc) is 3.16. The second kappa shape index (κ2) is 6.98. The molecule has 7 heteroatoms. The maximum absolute atomic E-state index is 12.0. The van der Waals surface area contributed by atoms with E-state index in [1.54, 1.807) is 18.4 Å². The van der Waals surface area contributed by atoms with Crippen molar-refractivity contribution in [2.45, 2.75) is 12.8 Å². The molecule has 4 rings (SSSR count). The Hall–Kier alpha value is -2.38. The molecule has 0 N–H and O–H groups in total. The Kier molecular flexibility index (Phi) is 4.65. The maximum Gasteiger partial charge on any atom is 0.232 e. The van der Waals surface area contributed by atoms with Crippen LogP contribution in [0, 0.1) is 0 Å². The fourth-order valence-electron chi connectivity index (χ4n) is 3.42. The molecule has 140 valence electrons. The summed E-state index contributed by atoms with van der Waals surface area (Å²) in [4.78, 5) is 4.78. The van der Waals surface area contributed by atoms with Gasteiger partial charge in [0.1, 0.15) is 10.8 Å². The van der Waals surface area contributed by atoms with E-state index in [0.29, 0.717) is 6.54 Å². The average molecular weight is 401 g/mol. The summed E-state index contributed by atoms with van der Waals surface area (Å²) >= 11 is 1.57. The van der Waals surface area contributed by atoms with E-state index < -0.39 is 10.0 Å². The number of para-hydroxylation sites is 1. The van der Waals surface area contributed by atoms with Crippen molar-refractivity contribution in [1.82, 2.24) is 4.98 Å². The molecule has 1 aliphatic heterocycles. The van der Waals surface area contributed by atoms with Gasteiger partial charge in [0, 0.05) is 17.5 Å². The van der Waals surface area contributed by atoms with E-state index in [1.165, 1.54) is 10.6 Å². The summed E-state index contributed by atoms with van der Waals surface area (Å²) in [5.74, 6) is 0.799. The largest absolute Gasteiger partial charge is 0.496 e. The van der Waals surface area contributed by atoms with Crippen LogP contribution in [0.15, 0.2) is 47.8 Å². The molecule has 27 heavy (non-hydrogen) atoms. The molecule has 0 radical (unpaired) electrons. The zero-order valence-corrected chi connectivity index (χ0v) is 16.8. The van der Waals surface area contributed by atoms with E-state index in [1.807, 2.05) is 41.8 Å². The Morgan fingerprint density at radius 3 is 2.78 bits per heavy atom. The lowest BCUT2D eigenvalue weighted by Gasteiger charge is -2.29. The number of methoxy groups -OCH3 is 1. The molecule has 5 nitrogen and oxygen atoms in total. The second-order valence-electron chi connectivity index (χ2n) is 6.52. The summed E-state index contributed by atoms with van der Waals surface area (Å²) in [6.07, 6.45) is 2.96. The van der Waals surface area contributed by atoms with Crippen molar-refractivity contribution in [1.29, 1.82) is 0 Å². The standard InChI is InChI=1S/C20H20N2O3S2/c1-25-19-8-4-3-7-16(19)20-21-17(13-26-20)14-9-10-18-15(12-14)6-5-11-22(18)27(2,23)24/h3-4,7-10,12-13H,5-6,11H2,1-2H3. The Balaban J connectivity index is 1.71. The normalized spacial score (nSPS) is 14.1. The van der Waals surface area contributed by atoms with Gasteiger partial charge in [0.15, 0.2) is 0 Å². The highest BCUT2D eigenvalue weighted by Crippen LogP contribution is 2.37. The van der Waals surface area contributed by atoms with Crippen LogP contribution < -0.4 is 9.04 Å². The molecule has 2 heterocycles. The zero-order chi connectivity index (χ0) is 19.0. The van der Waals surface area contributed by atoms with Crippen molar-refractivity contribution in [3.05, 3.63) is 53.4 Å². The highest BCUT2D eigenvalue weighted by atomic mass is 32.2. The lowest BCUT2D eigenvalue weighted by molar-refractivity contribution is 0.416. The van der Waals surface area contributed by atoms with Crippen molar-refractivity contribution in [2.75, 3.05) is 24.2 Å². The van der Waals surface area contributed by atoms with E-state index in [2.05, 4.69) is 6.07 Å². The summed E-state index contributed by atoms with van der Waals surface area (Å²) < 4.78 is 31.0. The molecule has 0 saturated heterocycles. The van der Waals surface area contributed by atoms with Gasteiger partial charge < -0.3 is 4.74 Å². The van der Waals surface area contributed by atoms with Gasteiger partial charge in [-0.1, -0.05) is 18.2 Å². The summed E-state index contributed by atoms with van der Waals surface area (Å²) in [5, 5.41) is 2.93. The first-order chi connectivity index (χ1) is 13.0. The van der Waals surface area contributed by atoms with E-state index >= 15 is 0 Å². The summed E-state index contributed by atoms with van der Waals surface area (Å²) in [5.41, 5.74) is 4.70. The number of fused-ring (bicyclic) bond motifs is 1. The van der Waals surface area contributed by atoms with Crippen molar-refractivity contribution in [3.63, 3.8) is 0 Å². The fraction of sp³-hybridized carbons (Fsp3) is 0.250. The van der Waals surface area contributed by atoms with Gasteiger partial charge in [-0.05, 0) is 42.7 Å². The highest BCUT2D eigenvalue weighted by Gasteiger charge is 2.24. The summed E-state index contributed by atoms with van der Waals surface area (Å²) in [7, 11) is -1.59. The quantitative estimate of drug-likeness (QED) is 0.659. The minimum atomic E-state index is -3.25. The number of hydrogen-bond acceptors (Lipinski definition) is 5. The third kappa shape index (κ3) is 3.44. The van der Waals surface area contributed by atoms with Crippen LogP contribution in [0.1, 0.15) is 12.0 Å². The van der Waals surface area contributed by atoms with Crippen molar-refractivity contribution < 1.29 is 13.2 Å². The minimum Gasteiger partial charge on any atom is -0.496 e. The Labute approximate surface area is 163 Å². The second-order valence-corrected chi connectivity index (χ2v) is 9.29. The monoisotopic (exact) mass is 400 g/mol. The molecule has 0 aliphatic carbocycles. The third-order valence-electron chi connectivity index (χ3n) is 4.69. The fourth-order valence-corrected chi connectivity index (χ4v) is 5.27. The minimum absolute atomic E-state index is 0.541. The lowest BCUT2D eigenvalue weighted by atomic mass is 10.00. The highest BCUT2D eigenvalue weighted by molar-refractivity contribution is 7.92. The molecule has 0 spiro atoms. The molecule has 0 bridgehead atoms. The van der Waals surface area contributed by atoms with Crippen LogP contribution in [-0.2, 0) is 16.4 Å². The number of ether oxygens (including phenoxy) is 1. The number of hydrogen-bond donors (Lipinski definition) is 0. The first-order valence-corrected chi connectivity index (χ1v) is 11.4. The van der Waals surface area contributed by atoms with E-state index in [0.717, 1.165) is 51.7 Å². The van der Waals surface area contributed by atoms with Crippen molar-refractivity contribution in [2.24, 2.45) is 0 Å². The zero-order valence-electron chi connectivity index (χ0n) is 15.2. The molecule has 1 aromatic heterocycles. The SMILES string of the molecule is COc1ccccc1-c1nc(-c2ccc3c(c2)CCCN3S(C)(=O)=O)cs1. The molecule has 0 saturated carbocycles. The van der Waals surface area contributed by atoms with Crippen LogP contribution in [0.3, 0.4) is 0 Å². The van der Waals surface area contributed by atoms with Crippen LogP contribution in [-0.4, -0.2) is 33.3 Å². The van der Waals surface area contributed by atoms with Crippen LogP contribution >= 0.6 is 11.3 Å². The summed E-state index contributed by atoms with van der Waals surface area (Å²) in [6.45, 7) is 0.541. The Morgan fingerprint density at radius 1 is 1.19 bits per heavy atom. The molecule has 3 aromatic rings. The van der Waals surface area contributed by atoms with Crippen LogP contribution in [0.4, 0.5) is 5.69 Å². The van der Waals surface area contributed by atoms with Gasteiger partial charge in [-0.3, -0.25) is 4.31 Å². The Morgan fingerprint density at radius 2 is 2.00 bits per heavy atom. The van der Waals surface area contributed by atoms with Crippen LogP contribution in [0.5, 0.6) is 5.75 Å². The van der Waals surface area contributed by atoms with E-state index in [-0.39, 0.29) is 0 Å². The third-order valence-corrected chi connectivity index (χ3v) is 6.75. The maximum atomic E-state index is 12.0. The smallest absolute Gasteiger partial charge is 0.232 e. The molecular weight excluding hydrogens is 380 g/mol. The van der Waals surface area contributed by atoms with Crippen molar-refractivity contribution >= 4 is 27.0 Å². The molecular formula is C20H20N2O3S2. The van der Waals surface area contributed by atoms with Gasteiger partial charge in [0.25, 0.3) is 0 Å². The number of thiazole rings is 1. The molecule has 0 fully saturated rings. The molecule has 2 aromatic carbocycles. The molecule has 0 amide bonds. The lowest BCUT2D eigenvalue weighted by Crippen LogP contribution is -2.34. The predicted octanol–water partition coefficient (Wildman–Crippen LogP) is 4.20. The number of nitrogens with zero attached hydrogens (tertiary/aromatic N) is 2. The topological polar surface area (TPSA) is 59.5 Å². The van der Waals surface area contributed by atoms with Crippen LogP contribution in [0.2, 0.25) is 0 Å². The van der Waals surface area contributed by atoms with Gasteiger partial charge in [0.2, 0.25) is 10.0 Å². The first kappa shape index (κ1) is 18.0. The van der Waals surface area contributed by atoms with Gasteiger partial charge in [-0.25, -0.2) is 13.4 Å². The molecule has 0 unspecified atom stereocenters. The van der Waals surface area contributed by atoms with Crippen molar-refractivity contribution in [3.8, 4) is 27.6 Å². The number of aryl methyl sites for hydroxylation is 1. The molecule has 0 atom stereocenters. The van der Waals surface area contributed by atoms with Gasteiger partial charge in [-0.15, -0.1) is 11.3 Å². The van der Waals surface area contributed by atoms with E-state index in [9.17, 15) is 8.42 Å². The van der Waals surface area contributed by atoms with Gasteiger partial charge >= 0.3 is 0 Å². The summed E-state index contributed by atoms with van der Waals surface area (Å²) in [6, 6.07) is 13.7. The number of aromatic nitrogens is 1. The Bertz CT molecular complexity index is 1090. The molecule has 1 aliphatic rings. The number of rotatable bonds is 4. The predicted molar refractivity (Wildman–Crippen MR) is 110 cm³/mol. The number of benzene rings is 2. The van der Waals surface area contributed by atoms with E-state index in [4.69, 9.17) is 9.72 Å². The number of anilines is 1. The van der Waals surface area contributed by atoms with Gasteiger partial charge in [-0.2, -0.15) is 0 Å². The van der Waals surface area contributed by atoms with Gasteiger partial charge in [0.05, 0.1) is 30.3 Å². The van der Waals surface area contributed by atoms with Crippen LogP contribution in [0.25, 0.3) is 21.8 Å².